The van der Waals surface area contributed by atoms with Crippen LogP contribution < -0.4 is 15.0 Å². The minimum atomic E-state index is -1.03. The van der Waals surface area contributed by atoms with Gasteiger partial charge in [0.05, 0.1) is 21.8 Å². The fourth-order valence-corrected chi connectivity index (χ4v) is 4.42. The van der Waals surface area contributed by atoms with E-state index in [2.05, 4.69) is 15.1 Å². The van der Waals surface area contributed by atoms with Crippen LogP contribution in [0.15, 0.2) is 60.0 Å². The van der Waals surface area contributed by atoms with Crippen LogP contribution in [0, 0.1) is 0 Å². The van der Waals surface area contributed by atoms with E-state index in [0.717, 1.165) is 44.2 Å². The molecule has 0 aliphatic carbocycles. The molecule has 1 aromatic heterocycles. The van der Waals surface area contributed by atoms with Crippen molar-refractivity contribution < 1.29 is 19.4 Å². The Kier molecular flexibility index (Phi) is 7.49. The molecule has 3 aromatic rings. The third kappa shape index (κ3) is 6.04. The van der Waals surface area contributed by atoms with Gasteiger partial charge in [0.15, 0.2) is 0 Å². The van der Waals surface area contributed by atoms with Crippen molar-refractivity contribution in [3.05, 3.63) is 75.4 Å². The van der Waals surface area contributed by atoms with E-state index in [1.807, 2.05) is 23.6 Å². The molecule has 0 unspecified atom stereocenters. The molecule has 2 N–H and O–H groups in total. The summed E-state index contributed by atoms with van der Waals surface area (Å²) < 4.78 is 5.79. The maximum Gasteiger partial charge on any atom is 0.335 e. The van der Waals surface area contributed by atoms with E-state index in [-0.39, 0.29) is 11.5 Å². The number of benzene rings is 2. The normalized spacial score (nSPS) is 14.2. The van der Waals surface area contributed by atoms with E-state index in [1.54, 1.807) is 30.3 Å². The number of thiophene rings is 1. The van der Waals surface area contributed by atoms with Gasteiger partial charge in [-0.1, -0.05) is 17.7 Å². The van der Waals surface area contributed by atoms with Gasteiger partial charge in [0, 0.05) is 37.7 Å². The zero-order chi connectivity index (χ0) is 23.2. The zero-order valence-corrected chi connectivity index (χ0v) is 19.4. The minimum Gasteiger partial charge on any atom is -0.492 e. The van der Waals surface area contributed by atoms with Crippen LogP contribution in [0.2, 0.25) is 5.02 Å². The molecule has 1 amide bonds. The van der Waals surface area contributed by atoms with Crippen LogP contribution in [0.4, 0.5) is 11.4 Å². The molecule has 4 rings (SSSR count). The van der Waals surface area contributed by atoms with Crippen molar-refractivity contribution in [1.82, 2.24) is 4.90 Å². The summed E-state index contributed by atoms with van der Waals surface area (Å²) in [6, 6.07) is 15.7. The number of aromatic carboxylic acids is 1. The van der Waals surface area contributed by atoms with E-state index >= 15 is 0 Å². The van der Waals surface area contributed by atoms with Gasteiger partial charge in [-0.2, -0.15) is 0 Å². The van der Waals surface area contributed by atoms with Crippen LogP contribution in [0.3, 0.4) is 0 Å². The maximum absolute atomic E-state index is 12.6. The molecule has 9 heteroatoms. The second kappa shape index (κ2) is 10.7. The molecule has 2 heterocycles. The Hall–Kier alpha value is -3.07. The highest BCUT2D eigenvalue weighted by Crippen LogP contribution is 2.29. The van der Waals surface area contributed by atoms with Gasteiger partial charge in [0.25, 0.3) is 5.91 Å². The van der Waals surface area contributed by atoms with Crippen molar-refractivity contribution in [2.45, 2.75) is 0 Å². The number of rotatable bonds is 8. The summed E-state index contributed by atoms with van der Waals surface area (Å²) in [5, 5.41) is 14.8. The second-order valence-electron chi connectivity index (χ2n) is 7.60. The molecule has 7 nitrogen and oxygen atoms in total. The van der Waals surface area contributed by atoms with Gasteiger partial charge in [-0.25, -0.2) is 4.79 Å². The lowest BCUT2D eigenvalue weighted by atomic mass is 10.1. The topological polar surface area (TPSA) is 82.1 Å². The molecule has 0 radical (unpaired) electrons. The highest BCUT2D eigenvalue weighted by Gasteiger charge is 2.21. The lowest BCUT2D eigenvalue weighted by molar-refractivity contribution is 0.0696. The lowest BCUT2D eigenvalue weighted by Crippen LogP contribution is -2.47. The highest BCUT2D eigenvalue weighted by atomic mass is 35.5. The van der Waals surface area contributed by atoms with Gasteiger partial charge in [-0.3, -0.25) is 9.69 Å². The van der Waals surface area contributed by atoms with E-state index in [1.165, 1.54) is 17.4 Å². The number of nitrogens with one attached hydrogen (secondary N) is 1. The fourth-order valence-electron chi connectivity index (χ4n) is 3.67. The number of anilines is 2. The molecule has 2 aromatic carbocycles. The minimum absolute atomic E-state index is 0.137. The number of halogens is 1. The van der Waals surface area contributed by atoms with E-state index in [0.29, 0.717) is 22.2 Å². The standard InChI is InChI=1S/C24H24ClN3O4S/c25-18-4-6-19(7-5-18)32-14-13-27-9-11-28(12-10-27)21-8-3-17(24(30)31)16-20(21)26-23(29)22-2-1-15-33-22/h1-8,15-16H,9-14H2,(H,26,29)(H,30,31). The predicted molar refractivity (Wildman–Crippen MR) is 131 cm³/mol. The Morgan fingerprint density at radius 2 is 1.82 bits per heavy atom. The molecular formula is C24H24ClN3O4S. The number of piperazine rings is 1. The third-order valence-corrected chi connectivity index (χ3v) is 6.56. The molecule has 1 aliphatic rings. The summed E-state index contributed by atoms with van der Waals surface area (Å²) in [7, 11) is 0. The van der Waals surface area contributed by atoms with Crippen LogP contribution in [0.5, 0.6) is 5.75 Å². The average molecular weight is 486 g/mol. The number of hydrogen-bond donors (Lipinski definition) is 2. The van der Waals surface area contributed by atoms with Gasteiger partial charge >= 0.3 is 5.97 Å². The van der Waals surface area contributed by atoms with Crippen molar-refractivity contribution >= 4 is 46.2 Å². The first-order chi connectivity index (χ1) is 16.0. The van der Waals surface area contributed by atoms with Crippen molar-refractivity contribution in [3.8, 4) is 5.75 Å². The number of carboxylic acids is 1. The molecule has 0 spiro atoms. The summed E-state index contributed by atoms with van der Waals surface area (Å²) >= 11 is 7.24. The van der Waals surface area contributed by atoms with Crippen LogP contribution >= 0.6 is 22.9 Å². The van der Waals surface area contributed by atoms with Gasteiger partial charge < -0.3 is 20.1 Å². The molecule has 0 saturated carbocycles. The monoisotopic (exact) mass is 485 g/mol. The SMILES string of the molecule is O=C(O)c1ccc(N2CCN(CCOc3ccc(Cl)cc3)CC2)c(NC(=O)c2cccs2)c1. The smallest absolute Gasteiger partial charge is 0.335 e. The summed E-state index contributed by atoms with van der Waals surface area (Å²) in [4.78, 5) is 29.1. The Morgan fingerprint density at radius 1 is 1.06 bits per heavy atom. The summed E-state index contributed by atoms with van der Waals surface area (Å²) in [6.07, 6.45) is 0. The Morgan fingerprint density at radius 3 is 2.48 bits per heavy atom. The number of carbonyl (C=O) groups is 2. The van der Waals surface area contributed by atoms with E-state index < -0.39 is 5.97 Å². The molecular weight excluding hydrogens is 462 g/mol. The lowest BCUT2D eigenvalue weighted by Gasteiger charge is -2.37. The first-order valence-electron chi connectivity index (χ1n) is 10.6. The van der Waals surface area contributed by atoms with Gasteiger partial charge in [0.2, 0.25) is 0 Å². The quantitative estimate of drug-likeness (QED) is 0.487. The van der Waals surface area contributed by atoms with Crippen LogP contribution in [-0.4, -0.2) is 61.2 Å². The first kappa shape index (κ1) is 23.1. The number of ether oxygens (including phenoxy) is 1. The van der Waals surface area contributed by atoms with Gasteiger partial charge in [-0.05, 0) is 53.9 Å². The highest BCUT2D eigenvalue weighted by molar-refractivity contribution is 7.12. The fraction of sp³-hybridized carbons (Fsp3) is 0.250. The van der Waals surface area contributed by atoms with Gasteiger partial charge in [0.1, 0.15) is 12.4 Å². The summed E-state index contributed by atoms with van der Waals surface area (Å²) in [5.74, 6) is -0.479. The number of hydrogen-bond acceptors (Lipinski definition) is 6. The summed E-state index contributed by atoms with van der Waals surface area (Å²) in [5.41, 5.74) is 1.47. The predicted octanol–water partition coefficient (Wildman–Crippen LogP) is 4.55. The van der Waals surface area contributed by atoms with E-state index in [4.69, 9.17) is 16.3 Å². The number of amides is 1. The maximum atomic E-state index is 12.6. The second-order valence-corrected chi connectivity index (χ2v) is 8.98. The molecule has 0 atom stereocenters. The van der Waals surface area contributed by atoms with Crippen molar-refractivity contribution in [1.29, 1.82) is 0 Å². The molecule has 172 valence electrons. The number of carboxylic acid groups (broad SMARTS) is 1. The molecule has 1 saturated heterocycles. The largest absolute Gasteiger partial charge is 0.492 e. The van der Waals surface area contributed by atoms with Crippen molar-refractivity contribution in [2.24, 2.45) is 0 Å². The van der Waals surface area contributed by atoms with Crippen molar-refractivity contribution in [3.63, 3.8) is 0 Å². The van der Waals surface area contributed by atoms with Crippen LogP contribution in [0.25, 0.3) is 0 Å². The Labute approximate surface area is 201 Å². The zero-order valence-electron chi connectivity index (χ0n) is 17.9. The summed E-state index contributed by atoms with van der Waals surface area (Å²) in [6.45, 7) is 4.57. The van der Waals surface area contributed by atoms with Crippen LogP contribution in [0.1, 0.15) is 20.0 Å². The molecule has 1 aliphatic heterocycles. The molecule has 0 bridgehead atoms. The average Bonchev–Trinajstić information content (AvgIpc) is 3.36. The molecule has 1 fully saturated rings. The number of carbonyl (C=O) groups excluding carboxylic acids is 1. The Balaban J connectivity index is 1.37. The number of nitrogens with zero attached hydrogens (tertiary/aromatic N) is 2. The van der Waals surface area contributed by atoms with Gasteiger partial charge in [-0.15, -0.1) is 11.3 Å². The van der Waals surface area contributed by atoms with Crippen LogP contribution in [-0.2, 0) is 0 Å². The third-order valence-electron chi connectivity index (χ3n) is 5.44. The first-order valence-corrected chi connectivity index (χ1v) is 11.8. The Bertz CT molecular complexity index is 1100. The van der Waals surface area contributed by atoms with E-state index in [9.17, 15) is 14.7 Å². The van der Waals surface area contributed by atoms with Crippen molar-refractivity contribution in [2.75, 3.05) is 49.5 Å². The molecule has 33 heavy (non-hydrogen) atoms.